The van der Waals surface area contributed by atoms with Gasteiger partial charge in [-0.3, -0.25) is 4.98 Å². The Balaban J connectivity index is 1.51. The Hall–Kier alpha value is -4.00. The van der Waals surface area contributed by atoms with Crippen molar-refractivity contribution in [3.8, 4) is 16.9 Å². The zero-order valence-corrected chi connectivity index (χ0v) is 19.7. The van der Waals surface area contributed by atoms with Crippen LogP contribution in [-0.4, -0.2) is 34.3 Å². The van der Waals surface area contributed by atoms with E-state index < -0.39 is 11.7 Å². The van der Waals surface area contributed by atoms with Gasteiger partial charge in [-0.1, -0.05) is 30.3 Å². The van der Waals surface area contributed by atoms with Crippen molar-refractivity contribution in [3.05, 3.63) is 78.8 Å². The quantitative estimate of drug-likeness (QED) is 0.325. The molecule has 2 heterocycles. The molecule has 0 unspecified atom stereocenters. The van der Waals surface area contributed by atoms with Gasteiger partial charge in [0.1, 0.15) is 18.0 Å². The number of ether oxygens (including phenoxy) is 2. The lowest BCUT2D eigenvalue weighted by molar-refractivity contribution is 0.0488. The van der Waals surface area contributed by atoms with E-state index in [4.69, 9.17) is 15.2 Å². The monoisotopic (exact) mass is 458 g/mol. The van der Waals surface area contributed by atoms with E-state index in [2.05, 4.69) is 21.4 Å². The highest BCUT2D eigenvalue weighted by atomic mass is 16.6. The van der Waals surface area contributed by atoms with Crippen molar-refractivity contribution in [2.45, 2.75) is 38.8 Å². The molecule has 1 amide bonds. The Bertz CT molecular complexity index is 1280. The minimum atomic E-state index is -0.591. The summed E-state index contributed by atoms with van der Waals surface area (Å²) in [5.74, 6) is 0.606. The molecule has 1 atom stereocenters. The lowest BCUT2D eigenvalue weighted by Gasteiger charge is -2.24. The largest absolute Gasteiger partial charge is 0.490 e. The van der Waals surface area contributed by atoms with Crippen molar-refractivity contribution >= 4 is 22.7 Å². The molecule has 4 N–H and O–H groups in total. The summed E-state index contributed by atoms with van der Waals surface area (Å²) in [7, 11) is 0. The topological polar surface area (TPSA) is 102 Å². The van der Waals surface area contributed by atoms with Crippen molar-refractivity contribution < 1.29 is 14.3 Å². The SMILES string of the molecule is CC(C)(C)OC(=O)N[C@H](COc1cncc(-c2cccc(N)c2)c1)Cc1c[nH]c2ccccc12. The van der Waals surface area contributed by atoms with Crippen molar-refractivity contribution in [2.75, 3.05) is 12.3 Å². The first kappa shape index (κ1) is 23.2. The minimum absolute atomic E-state index is 0.251. The second kappa shape index (κ2) is 9.87. The summed E-state index contributed by atoms with van der Waals surface area (Å²) < 4.78 is 11.6. The molecule has 0 saturated carbocycles. The van der Waals surface area contributed by atoms with Crippen LogP contribution >= 0.6 is 0 Å². The predicted molar refractivity (Wildman–Crippen MR) is 135 cm³/mol. The second-order valence-electron chi connectivity index (χ2n) is 9.25. The number of rotatable bonds is 7. The highest BCUT2D eigenvalue weighted by molar-refractivity contribution is 5.83. The number of amides is 1. The number of hydrogen-bond acceptors (Lipinski definition) is 5. The fourth-order valence-electron chi connectivity index (χ4n) is 3.76. The van der Waals surface area contributed by atoms with E-state index in [1.165, 1.54) is 0 Å². The van der Waals surface area contributed by atoms with E-state index in [0.29, 0.717) is 17.9 Å². The molecule has 0 aliphatic carbocycles. The number of aromatic nitrogens is 2. The van der Waals surface area contributed by atoms with E-state index in [1.54, 1.807) is 12.4 Å². The highest BCUT2D eigenvalue weighted by Crippen LogP contribution is 2.25. The first-order chi connectivity index (χ1) is 16.3. The van der Waals surface area contributed by atoms with Gasteiger partial charge >= 0.3 is 6.09 Å². The molecule has 34 heavy (non-hydrogen) atoms. The molecule has 0 bridgehead atoms. The standard InChI is InChI=1S/C27H30N4O3/c1-27(2,3)34-26(32)31-22(12-20-15-30-25-10-5-4-9-24(20)25)17-33-23-13-19(14-29-16-23)18-7-6-8-21(28)11-18/h4-11,13-16,22,30H,12,17,28H2,1-3H3,(H,31,32)/t22-/m0/s1. The number of alkyl carbamates (subject to hydrolysis) is 1. The van der Waals surface area contributed by atoms with Crippen LogP contribution < -0.4 is 15.8 Å². The summed E-state index contributed by atoms with van der Waals surface area (Å²) in [6.45, 7) is 5.77. The first-order valence-electron chi connectivity index (χ1n) is 11.2. The number of anilines is 1. The first-order valence-corrected chi connectivity index (χ1v) is 11.2. The van der Waals surface area contributed by atoms with E-state index in [-0.39, 0.29) is 12.6 Å². The molecule has 0 saturated heterocycles. The number of aromatic amines is 1. The number of nitrogen functional groups attached to an aromatic ring is 1. The molecule has 0 spiro atoms. The Labute approximate surface area is 199 Å². The number of nitrogens with two attached hydrogens (primary N) is 1. The number of fused-ring (bicyclic) bond motifs is 1. The maximum atomic E-state index is 12.5. The molecule has 0 radical (unpaired) electrons. The molecule has 176 valence electrons. The fourth-order valence-corrected chi connectivity index (χ4v) is 3.76. The molecule has 4 aromatic rings. The van der Waals surface area contributed by atoms with Crippen LogP contribution in [0.1, 0.15) is 26.3 Å². The molecule has 7 nitrogen and oxygen atoms in total. The smallest absolute Gasteiger partial charge is 0.408 e. The molecule has 2 aromatic heterocycles. The van der Waals surface area contributed by atoms with Gasteiger partial charge in [-0.15, -0.1) is 0 Å². The highest BCUT2D eigenvalue weighted by Gasteiger charge is 2.21. The average Bonchev–Trinajstić information content (AvgIpc) is 3.19. The molecular weight excluding hydrogens is 428 g/mol. The number of benzene rings is 2. The third-order valence-electron chi connectivity index (χ3n) is 5.25. The number of H-pyrrole nitrogens is 1. The molecule has 7 heteroatoms. The Morgan fingerprint density at radius 1 is 1.09 bits per heavy atom. The van der Waals surface area contributed by atoms with Gasteiger partial charge in [0.2, 0.25) is 0 Å². The summed E-state index contributed by atoms with van der Waals surface area (Å²) in [5, 5.41) is 4.08. The van der Waals surface area contributed by atoms with Crippen LogP contribution in [0.4, 0.5) is 10.5 Å². The molecule has 0 aliphatic heterocycles. The van der Waals surface area contributed by atoms with Gasteiger partial charge < -0.3 is 25.5 Å². The number of nitrogens with one attached hydrogen (secondary N) is 2. The van der Waals surface area contributed by atoms with Crippen LogP contribution in [0.2, 0.25) is 0 Å². The summed E-state index contributed by atoms with van der Waals surface area (Å²) in [6, 6.07) is 17.3. The number of carbonyl (C=O) groups excluding carboxylic acids is 1. The van der Waals surface area contributed by atoms with Crippen LogP contribution in [-0.2, 0) is 11.2 Å². The van der Waals surface area contributed by atoms with E-state index in [9.17, 15) is 4.79 Å². The van der Waals surface area contributed by atoms with Gasteiger partial charge in [-0.25, -0.2) is 4.79 Å². The predicted octanol–water partition coefficient (Wildman–Crippen LogP) is 5.33. The van der Waals surface area contributed by atoms with Crippen LogP contribution in [0, 0.1) is 0 Å². The maximum Gasteiger partial charge on any atom is 0.408 e. The van der Waals surface area contributed by atoms with Crippen molar-refractivity contribution in [3.63, 3.8) is 0 Å². The number of nitrogens with zero attached hydrogens (tertiary/aromatic N) is 1. The Morgan fingerprint density at radius 3 is 2.71 bits per heavy atom. The van der Waals surface area contributed by atoms with Crippen molar-refractivity contribution in [1.82, 2.24) is 15.3 Å². The third kappa shape index (κ3) is 6.07. The van der Waals surface area contributed by atoms with Crippen molar-refractivity contribution in [2.24, 2.45) is 0 Å². The zero-order valence-electron chi connectivity index (χ0n) is 19.7. The van der Waals surface area contributed by atoms with Gasteiger partial charge in [0, 0.05) is 34.5 Å². The minimum Gasteiger partial charge on any atom is -0.490 e. The fraction of sp³-hybridized carbons (Fsp3) is 0.259. The Morgan fingerprint density at radius 2 is 1.91 bits per heavy atom. The van der Waals surface area contributed by atoms with Crippen molar-refractivity contribution in [1.29, 1.82) is 0 Å². The van der Waals surface area contributed by atoms with Gasteiger partial charge in [0.05, 0.1) is 12.2 Å². The van der Waals surface area contributed by atoms with E-state index in [1.807, 2.05) is 75.5 Å². The second-order valence-corrected chi connectivity index (χ2v) is 9.25. The third-order valence-corrected chi connectivity index (χ3v) is 5.25. The normalized spacial score (nSPS) is 12.3. The molecule has 0 aliphatic rings. The summed E-state index contributed by atoms with van der Waals surface area (Å²) in [5.41, 5.74) is 10.0. The summed E-state index contributed by atoms with van der Waals surface area (Å²) in [4.78, 5) is 20.1. The number of pyridine rings is 1. The van der Waals surface area contributed by atoms with Gasteiger partial charge in [0.15, 0.2) is 0 Å². The maximum absolute atomic E-state index is 12.5. The van der Waals surface area contributed by atoms with E-state index >= 15 is 0 Å². The van der Waals surface area contributed by atoms with Crippen LogP contribution in [0.5, 0.6) is 5.75 Å². The van der Waals surface area contributed by atoms with Gasteiger partial charge in [0.25, 0.3) is 0 Å². The van der Waals surface area contributed by atoms with Crippen LogP contribution in [0.15, 0.2) is 73.2 Å². The number of hydrogen-bond donors (Lipinski definition) is 3. The van der Waals surface area contributed by atoms with Gasteiger partial charge in [-0.05, 0) is 62.6 Å². The molecule has 0 fully saturated rings. The molecule has 2 aromatic carbocycles. The average molecular weight is 459 g/mol. The summed E-state index contributed by atoms with van der Waals surface area (Å²) >= 11 is 0. The molecule has 4 rings (SSSR count). The number of para-hydroxylation sites is 1. The van der Waals surface area contributed by atoms with Gasteiger partial charge in [-0.2, -0.15) is 0 Å². The Kier molecular flexibility index (Phi) is 6.72. The zero-order chi connectivity index (χ0) is 24.1. The van der Waals surface area contributed by atoms with Crippen LogP contribution in [0.25, 0.3) is 22.0 Å². The summed E-state index contributed by atoms with van der Waals surface area (Å²) in [6.07, 6.45) is 5.49. The lowest BCUT2D eigenvalue weighted by atomic mass is 10.1. The molecular formula is C27H30N4O3. The van der Waals surface area contributed by atoms with E-state index in [0.717, 1.165) is 27.6 Å². The van der Waals surface area contributed by atoms with Crippen LogP contribution in [0.3, 0.4) is 0 Å². The lowest BCUT2D eigenvalue weighted by Crippen LogP contribution is -2.43. The number of carbonyl (C=O) groups is 1.